The second-order valence-corrected chi connectivity index (χ2v) is 6.02. The first kappa shape index (κ1) is 15.9. The van der Waals surface area contributed by atoms with Crippen molar-refractivity contribution in [3.8, 4) is 5.75 Å². The molecule has 2 rings (SSSR count). The Hall–Kier alpha value is -1.48. The Bertz CT molecular complexity index is 577. The lowest BCUT2D eigenvalue weighted by Crippen LogP contribution is -2.01. The third-order valence-corrected chi connectivity index (χ3v) is 4.00. The Morgan fingerprint density at radius 3 is 2.52 bits per heavy atom. The van der Waals surface area contributed by atoms with E-state index in [4.69, 9.17) is 16.3 Å². The van der Waals surface area contributed by atoms with Gasteiger partial charge in [0, 0.05) is 5.69 Å². The molecule has 0 aliphatic carbocycles. The lowest BCUT2D eigenvalue weighted by atomic mass is 10.1. The molecule has 0 atom stereocenters. The quantitative estimate of drug-likeness (QED) is 0.786. The Kier molecular flexibility index (Phi) is 5.29. The van der Waals surface area contributed by atoms with Gasteiger partial charge in [0.05, 0.1) is 17.3 Å². The Balaban J connectivity index is 1.81. The molecule has 0 amide bonds. The number of aryl methyl sites for hydroxylation is 4. The van der Waals surface area contributed by atoms with E-state index >= 15 is 0 Å². The number of benzene rings is 1. The van der Waals surface area contributed by atoms with Gasteiger partial charge in [-0.3, -0.25) is 5.10 Å². The molecule has 0 fully saturated rings. The molecule has 0 bridgehead atoms. The van der Waals surface area contributed by atoms with Gasteiger partial charge in [0.15, 0.2) is 0 Å². The van der Waals surface area contributed by atoms with E-state index < -0.39 is 0 Å². The van der Waals surface area contributed by atoms with Crippen LogP contribution in [0.2, 0.25) is 5.02 Å². The van der Waals surface area contributed by atoms with Crippen LogP contribution in [0.3, 0.4) is 0 Å². The summed E-state index contributed by atoms with van der Waals surface area (Å²) in [5.41, 5.74) is 5.87. The first-order chi connectivity index (χ1) is 9.99. The minimum Gasteiger partial charge on any atom is -0.492 e. The molecule has 2 aromatic rings. The fraction of sp³-hybridized carbons (Fsp3) is 0.471. The molecular weight excluding hydrogens is 284 g/mol. The fourth-order valence-electron chi connectivity index (χ4n) is 2.61. The van der Waals surface area contributed by atoms with Crippen molar-refractivity contribution in [2.24, 2.45) is 0 Å². The largest absolute Gasteiger partial charge is 0.492 e. The summed E-state index contributed by atoms with van der Waals surface area (Å²) in [6, 6.07) is 4.04. The number of halogens is 1. The third kappa shape index (κ3) is 4.01. The van der Waals surface area contributed by atoms with E-state index in [2.05, 4.69) is 23.2 Å². The lowest BCUT2D eigenvalue weighted by molar-refractivity contribution is 0.305. The topological polar surface area (TPSA) is 37.9 Å². The van der Waals surface area contributed by atoms with Gasteiger partial charge in [0.25, 0.3) is 0 Å². The maximum absolute atomic E-state index is 6.23. The van der Waals surface area contributed by atoms with Gasteiger partial charge in [-0.15, -0.1) is 0 Å². The van der Waals surface area contributed by atoms with Crippen molar-refractivity contribution in [1.29, 1.82) is 0 Å². The van der Waals surface area contributed by atoms with Crippen molar-refractivity contribution in [3.05, 3.63) is 45.2 Å². The van der Waals surface area contributed by atoms with Crippen LogP contribution < -0.4 is 4.74 Å². The number of aromatic amines is 1. The number of nitrogens with zero attached hydrogens (tertiary/aromatic N) is 1. The molecule has 0 saturated heterocycles. The van der Waals surface area contributed by atoms with Crippen molar-refractivity contribution in [2.75, 3.05) is 6.61 Å². The Morgan fingerprint density at radius 2 is 1.90 bits per heavy atom. The number of ether oxygens (including phenoxy) is 1. The summed E-state index contributed by atoms with van der Waals surface area (Å²) in [6.07, 6.45) is 3.13. The molecule has 21 heavy (non-hydrogen) atoms. The van der Waals surface area contributed by atoms with Gasteiger partial charge in [0.2, 0.25) is 0 Å². The van der Waals surface area contributed by atoms with Gasteiger partial charge in [0.1, 0.15) is 5.75 Å². The Morgan fingerprint density at radius 1 is 1.14 bits per heavy atom. The summed E-state index contributed by atoms with van der Waals surface area (Å²) >= 11 is 6.23. The SMILES string of the molecule is Cc1cc(C)c(OCCCCc2c(C)n[nH]c2C)c(Cl)c1. The molecule has 1 aromatic carbocycles. The monoisotopic (exact) mass is 306 g/mol. The Labute approximate surface area is 131 Å². The average Bonchev–Trinajstić information content (AvgIpc) is 2.72. The number of rotatable bonds is 6. The van der Waals surface area contributed by atoms with E-state index in [1.807, 2.05) is 26.8 Å². The average molecular weight is 307 g/mol. The summed E-state index contributed by atoms with van der Waals surface area (Å²) in [6.45, 7) is 8.89. The molecule has 0 saturated carbocycles. The first-order valence-electron chi connectivity index (χ1n) is 7.39. The van der Waals surface area contributed by atoms with Crippen LogP contribution in [-0.2, 0) is 6.42 Å². The molecule has 4 heteroatoms. The van der Waals surface area contributed by atoms with Crippen molar-refractivity contribution < 1.29 is 4.74 Å². The van der Waals surface area contributed by atoms with Gasteiger partial charge in [-0.2, -0.15) is 5.10 Å². The van der Waals surface area contributed by atoms with Crippen LogP contribution in [0.4, 0.5) is 0 Å². The van der Waals surface area contributed by atoms with Gasteiger partial charge in [-0.05, 0) is 69.7 Å². The van der Waals surface area contributed by atoms with E-state index in [0.29, 0.717) is 11.6 Å². The highest BCUT2D eigenvalue weighted by Crippen LogP contribution is 2.29. The molecule has 0 radical (unpaired) electrons. The predicted octanol–water partition coefficient (Wildman–Crippen LogP) is 4.70. The van der Waals surface area contributed by atoms with E-state index in [9.17, 15) is 0 Å². The van der Waals surface area contributed by atoms with Crippen LogP contribution in [0, 0.1) is 27.7 Å². The van der Waals surface area contributed by atoms with Crippen LogP contribution in [0.1, 0.15) is 40.9 Å². The second-order valence-electron chi connectivity index (χ2n) is 5.61. The number of hydrogen-bond donors (Lipinski definition) is 1. The van der Waals surface area contributed by atoms with E-state index in [1.54, 1.807) is 0 Å². The second kappa shape index (κ2) is 6.99. The van der Waals surface area contributed by atoms with E-state index in [0.717, 1.165) is 41.8 Å². The van der Waals surface area contributed by atoms with E-state index in [-0.39, 0.29) is 0 Å². The van der Waals surface area contributed by atoms with Crippen LogP contribution in [-0.4, -0.2) is 16.8 Å². The summed E-state index contributed by atoms with van der Waals surface area (Å²) in [5.74, 6) is 0.818. The minimum absolute atomic E-state index is 0.694. The molecule has 3 nitrogen and oxygen atoms in total. The third-order valence-electron chi connectivity index (χ3n) is 3.72. The first-order valence-corrected chi connectivity index (χ1v) is 7.77. The predicted molar refractivity (Wildman–Crippen MR) is 87.4 cm³/mol. The van der Waals surface area contributed by atoms with Crippen molar-refractivity contribution in [2.45, 2.75) is 47.0 Å². The van der Waals surface area contributed by atoms with Crippen molar-refractivity contribution >= 4 is 11.6 Å². The van der Waals surface area contributed by atoms with E-state index in [1.165, 1.54) is 11.3 Å². The summed E-state index contributed by atoms with van der Waals surface area (Å²) in [5, 5.41) is 7.95. The fourth-order valence-corrected chi connectivity index (χ4v) is 2.98. The van der Waals surface area contributed by atoms with Crippen molar-refractivity contribution in [3.63, 3.8) is 0 Å². The molecular formula is C17H23ClN2O. The van der Waals surface area contributed by atoms with Gasteiger partial charge in [-0.1, -0.05) is 17.7 Å². The number of aromatic nitrogens is 2. The zero-order valence-electron chi connectivity index (χ0n) is 13.2. The highest BCUT2D eigenvalue weighted by molar-refractivity contribution is 6.32. The normalized spacial score (nSPS) is 10.9. The molecule has 114 valence electrons. The molecule has 0 unspecified atom stereocenters. The minimum atomic E-state index is 0.694. The van der Waals surface area contributed by atoms with Gasteiger partial charge in [-0.25, -0.2) is 0 Å². The van der Waals surface area contributed by atoms with Crippen LogP contribution >= 0.6 is 11.6 Å². The number of H-pyrrole nitrogens is 1. The highest BCUT2D eigenvalue weighted by atomic mass is 35.5. The van der Waals surface area contributed by atoms with Crippen molar-refractivity contribution in [1.82, 2.24) is 10.2 Å². The number of nitrogens with one attached hydrogen (secondary N) is 1. The smallest absolute Gasteiger partial charge is 0.140 e. The lowest BCUT2D eigenvalue weighted by Gasteiger charge is -2.12. The molecule has 1 heterocycles. The zero-order valence-corrected chi connectivity index (χ0v) is 14.0. The van der Waals surface area contributed by atoms with Gasteiger partial charge >= 0.3 is 0 Å². The maximum Gasteiger partial charge on any atom is 0.140 e. The standard InChI is InChI=1S/C17H23ClN2O/c1-11-9-12(2)17(16(18)10-11)21-8-6-5-7-15-13(3)19-20-14(15)4/h9-10H,5-8H2,1-4H3,(H,19,20). The summed E-state index contributed by atoms with van der Waals surface area (Å²) < 4.78 is 5.85. The number of unbranched alkanes of at least 4 members (excludes halogenated alkanes) is 1. The molecule has 0 spiro atoms. The molecule has 0 aliphatic heterocycles. The zero-order chi connectivity index (χ0) is 15.4. The molecule has 0 aliphatic rings. The van der Waals surface area contributed by atoms with Crippen LogP contribution in [0.5, 0.6) is 5.75 Å². The number of hydrogen-bond acceptors (Lipinski definition) is 2. The van der Waals surface area contributed by atoms with Crippen LogP contribution in [0.15, 0.2) is 12.1 Å². The van der Waals surface area contributed by atoms with Gasteiger partial charge < -0.3 is 4.74 Å². The maximum atomic E-state index is 6.23. The highest BCUT2D eigenvalue weighted by Gasteiger charge is 2.08. The summed E-state index contributed by atoms with van der Waals surface area (Å²) in [4.78, 5) is 0. The van der Waals surface area contributed by atoms with Crippen LogP contribution in [0.25, 0.3) is 0 Å². The summed E-state index contributed by atoms with van der Waals surface area (Å²) in [7, 11) is 0. The molecule has 1 aromatic heterocycles. The molecule has 1 N–H and O–H groups in total.